The van der Waals surface area contributed by atoms with E-state index in [1.54, 1.807) is 10.7 Å². The number of hydrogen-bond acceptors (Lipinski definition) is 5. The number of aryl methyl sites for hydroxylation is 3. The molecule has 1 N–H and O–H groups in total. The van der Waals surface area contributed by atoms with Crippen molar-refractivity contribution >= 4 is 17.3 Å². The minimum Gasteiger partial charge on any atom is -0.370 e. The van der Waals surface area contributed by atoms with Gasteiger partial charge in [0.15, 0.2) is 0 Å². The molecule has 1 aromatic carbocycles. The van der Waals surface area contributed by atoms with E-state index < -0.39 is 5.82 Å². The van der Waals surface area contributed by atoms with Crippen LogP contribution in [0, 0.1) is 33.5 Å². The summed E-state index contributed by atoms with van der Waals surface area (Å²) in [5.41, 5.74) is 4.99. The lowest BCUT2D eigenvalue weighted by Crippen LogP contribution is -2.23. The highest BCUT2D eigenvalue weighted by Crippen LogP contribution is 2.31. The van der Waals surface area contributed by atoms with Gasteiger partial charge in [-0.05, 0) is 58.7 Å². The van der Waals surface area contributed by atoms with Crippen LogP contribution in [0.5, 0.6) is 0 Å². The number of para-hydroxylation sites is 1. The molecular formula is C23H27FN6O. The number of rotatable bonds is 5. The van der Waals surface area contributed by atoms with Gasteiger partial charge in [-0.1, -0.05) is 6.07 Å². The molecule has 1 saturated heterocycles. The molecule has 0 unspecified atom stereocenters. The average molecular weight is 423 g/mol. The van der Waals surface area contributed by atoms with E-state index >= 15 is 0 Å². The number of nitrogens with zero attached hydrogens (tertiary/aromatic N) is 5. The summed E-state index contributed by atoms with van der Waals surface area (Å²) in [5, 5.41) is 7.35. The second kappa shape index (κ2) is 8.45. The fraction of sp³-hybridized carbons (Fsp3) is 0.391. The van der Waals surface area contributed by atoms with Crippen molar-refractivity contribution in [3.05, 3.63) is 58.4 Å². The van der Waals surface area contributed by atoms with Gasteiger partial charge in [-0.25, -0.2) is 19.0 Å². The lowest BCUT2D eigenvalue weighted by Gasteiger charge is -2.22. The van der Waals surface area contributed by atoms with Gasteiger partial charge < -0.3 is 10.2 Å². The van der Waals surface area contributed by atoms with Gasteiger partial charge in [0, 0.05) is 35.7 Å². The third-order valence-electron chi connectivity index (χ3n) is 5.64. The first-order valence-corrected chi connectivity index (χ1v) is 10.5. The van der Waals surface area contributed by atoms with Crippen LogP contribution in [0.25, 0.3) is 5.95 Å². The number of carbonyl (C=O) groups is 1. The highest BCUT2D eigenvalue weighted by molar-refractivity contribution is 5.96. The van der Waals surface area contributed by atoms with E-state index in [0.29, 0.717) is 5.95 Å². The van der Waals surface area contributed by atoms with Gasteiger partial charge in [-0.3, -0.25) is 4.79 Å². The normalized spacial score (nSPS) is 13.6. The molecule has 0 bridgehead atoms. The molecule has 1 fully saturated rings. The first kappa shape index (κ1) is 21.0. The SMILES string of the molecule is Cc1cc(C)nc(-n2nc(C)c(CC(=O)Nc3c(F)cccc3N3CCCC3)c2C)n1. The third kappa shape index (κ3) is 4.28. The monoisotopic (exact) mass is 422 g/mol. The maximum absolute atomic E-state index is 14.6. The van der Waals surface area contributed by atoms with Crippen LogP contribution >= 0.6 is 0 Å². The predicted molar refractivity (Wildman–Crippen MR) is 118 cm³/mol. The number of carbonyl (C=O) groups excluding carboxylic acids is 1. The van der Waals surface area contributed by atoms with Crippen LogP contribution in [0.2, 0.25) is 0 Å². The van der Waals surface area contributed by atoms with E-state index in [1.807, 2.05) is 39.8 Å². The van der Waals surface area contributed by atoms with Crippen LogP contribution < -0.4 is 10.2 Å². The van der Waals surface area contributed by atoms with Crippen LogP contribution in [0.4, 0.5) is 15.8 Å². The second-order valence-electron chi connectivity index (χ2n) is 8.06. The first-order chi connectivity index (χ1) is 14.8. The number of amides is 1. The molecule has 0 radical (unpaired) electrons. The molecule has 4 rings (SSSR count). The molecule has 162 valence electrons. The molecule has 8 heteroatoms. The Hall–Kier alpha value is -3.29. The lowest BCUT2D eigenvalue weighted by molar-refractivity contribution is -0.115. The highest BCUT2D eigenvalue weighted by atomic mass is 19.1. The van der Waals surface area contributed by atoms with Crippen LogP contribution in [0.1, 0.15) is 41.2 Å². The second-order valence-corrected chi connectivity index (χ2v) is 8.06. The molecule has 3 heterocycles. The molecule has 0 aliphatic carbocycles. The third-order valence-corrected chi connectivity index (χ3v) is 5.64. The molecular weight excluding hydrogens is 395 g/mol. The minimum absolute atomic E-state index is 0.0935. The Morgan fingerprint density at radius 2 is 1.77 bits per heavy atom. The average Bonchev–Trinajstić information content (AvgIpc) is 3.33. The van der Waals surface area contributed by atoms with Crippen molar-refractivity contribution in [2.75, 3.05) is 23.3 Å². The maximum atomic E-state index is 14.6. The Labute approximate surface area is 181 Å². The zero-order valence-electron chi connectivity index (χ0n) is 18.4. The van der Waals surface area contributed by atoms with E-state index in [-0.39, 0.29) is 18.0 Å². The summed E-state index contributed by atoms with van der Waals surface area (Å²) >= 11 is 0. The topological polar surface area (TPSA) is 75.9 Å². The van der Waals surface area contributed by atoms with Gasteiger partial charge >= 0.3 is 0 Å². The molecule has 31 heavy (non-hydrogen) atoms. The van der Waals surface area contributed by atoms with Crippen LogP contribution in [0.15, 0.2) is 24.3 Å². The number of halogens is 1. The van der Waals surface area contributed by atoms with Crippen molar-refractivity contribution < 1.29 is 9.18 Å². The van der Waals surface area contributed by atoms with Gasteiger partial charge in [0.05, 0.1) is 17.8 Å². The molecule has 1 aliphatic heterocycles. The predicted octanol–water partition coefficient (Wildman–Crippen LogP) is 3.82. The summed E-state index contributed by atoms with van der Waals surface area (Å²) in [5.74, 6) is -0.224. The quantitative estimate of drug-likeness (QED) is 0.677. The lowest BCUT2D eigenvalue weighted by atomic mass is 10.1. The number of benzene rings is 1. The number of aromatic nitrogens is 4. The van der Waals surface area contributed by atoms with Gasteiger partial charge in [-0.2, -0.15) is 5.10 Å². The van der Waals surface area contributed by atoms with E-state index in [4.69, 9.17) is 0 Å². The molecule has 0 saturated carbocycles. The highest BCUT2D eigenvalue weighted by Gasteiger charge is 2.22. The van der Waals surface area contributed by atoms with Crippen LogP contribution in [-0.2, 0) is 11.2 Å². The summed E-state index contributed by atoms with van der Waals surface area (Å²) in [6, 6.07) is 6.81. The van der Waals surface area contributed by atoms with E-state index in [9.17, 15) is 9.18 Å². The Bertz CT molecular complexity index is 1110. The van der Waals surface area contributed by atoms with Gasteiger partial charge in [0.1, 0.15) is 11.5 Å². The zero-order valence-corrected chi connectivity index (χ0v) is 18.4. The van der Waals surface area contributed by atoms with E-state index in [0.717, 1.165) is 60.0 Å². The molecule has 7 nitrogen and oxygen atoms in total. The van der Waals surface area contributed by atoms with Crippen molar-refractivity contribution in [3.63, 3.8) is 0 Å². The fourth-order valence-electron chi connectivity index (χ4n) is 4.13. The van der Waals surface area contributed by atoms with E-state index in [1.165, 1.54) is 6.07 Å². The number of anilines is 2. The summed E-state index contributed by atoms with van der Waals surface area (Å²) in [4.78, 5) is 23.9. The van der Waals surface area contributed by atoms with E-state index in [2.05, 4.69) is 25.3 Å². The molecule has 0 atom stereocenters. The Balaban J connectivity index is 1.58. The Kier molecular flexibility index (Phi) is 5.71. The summed E-state index contributed by atoms with van der Waals surface area (Å²) in [6.45, 7) is 9.30. The first-order valence-electron chi connectivity index (χ1n) is 10.5. The van der Waals surface area contributed by atoms with Crippen LogP contribution in [0.3, 0.4) is 0 Å². The molecule has 1 amide bonds. The van der Waals surface area contributed by atoms with Crippen molar-refractivity contribution in [2.24, 2.45) is 0 Å². The van der Waals surface area contributed by atoms with Crippen molar-refractivity contribution in [2.45, 2.75) is 47.0 Å². The zero-order chi connectivity index (χ0) is 22.1. The maximum Gasteiger partial charge on any atom is 0.251 e. The van der Waals surface area contributed by atoms with Crippen molar-refractivity contribution in [3.8, 4) is 5.95 Å². The summed E-state index contributed by atoms with van der Waals surface area (Å²) in [7, 11) is 0. The molecule has 1 aliphatic rings. The summed E-state index contributed by atoms with van der Waals surface area (Å²) in [6.07, 6.45) is 2.24. The Morgan fingerprint density at radius 3 is 2.45 bits per heavy atom. The van der Waals surface area contributed by atoms with Crippen LogP contribution in [-0.4, -0.2) is 38.7 Å². The minimum atomic E-state index is -0.425. The van der Waals surface area contributed by atoms with Crippen molar-refractivity contribution in [1.82, 2.24) is 19.7 Å². The smallest absolute Gasteiger partial charge is 0.251 e. The molecule has 2 aromatic heterocycles. The Morgan fingerprint density at radius 1 is 1.10 bits per heavy atom. The van der Waals surface area contributed by atoms with Gasteiger partial charge in [0.2, 0.25) is 5.91 Å². The fourth-order valence-corrected chi connectivity index (χ4v) is 4.13. The summed E-state index contributed by atoms with van der Waals surface area (Å²) < 4.78 is 16.3. The van der Waals surface area contributed by atoms with Gasteiger partial charge in [-0.15, -0.1) is 0 Å². The number of hydrogen-bond donors (Lipinski definition) is 1. The number of nitrogens with one attached hydrogen (secondary N) is 1. The standard InChI is InChI=1S/C23H27FN6O/c1-14-12-15(2)26-23(25-14)30-17(4)18(16(3)28-30)13-21(31)27-22-19(24)8-7-9-20(22)29-10-5-6-11-29/h7-9,12H,5-6,10-11,13H2,1-4H3,(H,27,31). The van der Waals surface area contributed by atoms with Crippen molar-refractivity contribution in [1.29, 1.82) is 0 Å². The molecule has 3 aromatic rings. The largest absolute Gasteiger partial charge is 0.370 e. The molecule has 0 spiro atoms. The van der Waals surface area contributed by atoms with Gasteiger partial charge in [0.25, 0.3) is 5.95 Å².